The molecule has 4 unspecified atom stereocenters. The zero-order valence-electron chi connectivity index (χ0n) is 22.6. The molecule has 0 saturated heterocycles. The van der Waals surface area contributed by atoms with Crippen molar-refractivity contribution >= 4 is 44.9 Å². The lowest BCUT2D eigenvalue weighted by Gasteiger charge is -2.44. The number of rotatable bonds is 5. The van der Waals surface area contributed by atoms with E-state index in [-0.39, 0.29) is 12.2 Å². The number of carbonyl (C=O) groups is 3. The lowest BCUT2D eigenvalue weighted by molar-refractivity contribution is -0.150. The van der Waals surface area contributed by atoms with Gasteiger partial charge in [0.25, 0.3) is 0 Å². The fourth-order valence-electron chi connectivity index (χ4n) is 5.55. The number of aromatic hydroxyl groups is 1. The Morgan fingerprint density at radius 2 is 1.41 bits per heavy atom. The average molecular weight is 594 g/mol. The van der Waals surface area contributed by atoms with Crippen LogP contribution in [-0.2, 0) is 14.4 Å². The van der Waals surface area contributed by atoms with Gasteiger partial charge in [-0.25, -0.2) is 0 Å². The van der Waals surface area contributed by atoms with E-state index in [0.717, 1.165) is 22.3 Å². The lowest BCUT2D eigenvalue weighted by Crippen LogP contribution is -2.56. The van der Waals surface area contributed by atoms with Crippen molar-refractivity contribution in [2.45, 2.75) is 52.6 Å². The molecule has 2 amide bonds. The average Bonchev–Trinajstić information content (AvgIpc) is 2.83. The van der Waals surface area contributed by atoms with Gasteiger partial charge in [0.05, 0.1) is 16.0 Å². The monoisotopic (exact) mass is 592 g/mol. The Morgan fingerprint density at radius 3 is 1.92 bits per heavy atom. The topological polar surface area (TPSA) is 116 Å². The Labute approximate surface area is 236 Å². The number of nitrogens with one attached hydrogen (secondary N) is 2. The Balaban J connectivity index is 1.80. The van der Waals surface area contributed by atoms with E-state index in [9.17, 15) is 24.6 Å². The van der Waals surface area contributed by atoms with Gasteiger partial charge >= 0.3 is 0 Å². The maximum atomic E-state index is 13.9. The maximum Gasteiger partial charge on any atom is 0.235 e. The summed E-state index contributed by atoms with van der Waals surface area (Å²) >= 11 is 3.31. The number of hydrogen-bond acceptors (Lipinski definition) is 5. The van der Waals surface area contributed by atoms with Crippen molar-refractivity contribution in [1.29, 1.82) is 0 Å². The summed E-state index contributed by atoms with van der Waals surface area (Å²) < 4.78 is 0.347. The Hall–Kier alpha value is -3.49. The van der Waals surface area contributed by atoms with Crippen molar-refractivity contribution in [3.05, 3.63) is 86.9 Å². The molecule has 0 aliphatic heterocycles. The van der Waals surface area contributed by atoms with Crippen LogP contribution in [0.3, 0.4) is 0 Å². The number of aliphatic hydroxyl groups is 1. The number of benzene rings is 3. The SMILES string of the molecule is Cc1ccc(NC(=O)C2C(=O)CC(C)(O)C(C(=O)Nc3ccc(C)cc3C)C2c2ccc(O)c(Br)c2)c(C)c1. The van der Waals surface area contributed by atoms with E-state index in [1.807, 2.05) is 52.0 Å². The minimum absolute atomic E-state index is 0.0276. The van der Waals surface area contributed by atoms with E-state index in [0.29, 0.717) is 21.4 Å². The van der Waals surface area contributed by atoms with Crippen LogP contribution < -0.4 is 10.6 Å². The highest BCUT2D eigenvalue weighted by Gasteiger charge is 2.56. The summed E-state index contributed by atoms with van der Waals surface area (Å²) in [6.45, 7) is 9.10. The van der Waals surface area contributed by atoms with E-state index in [4.69, 9.17) is 0 Å². The third kappa shape index (κ3) is 5.92. The maximum absolute atomic E-state index is 13.9. The molecule has 1 saturated carbocycles. The van der Waals surface area contributed by atoms with Crippen LogP contribution in [0.1, 0.15) is 47.1 Å². The molecule has 1 aliphatic rings. The third-order valence-corrected chi connectivity index (χ3v) is 8.10. The molecular formula is C31H33BrN2O5. The molecule has 204 valence electrons. The van der Waals surface area contributed by atoms with Crippen LogP contribution in [0.15, 0.2) is 59.1 Å². The number of ketones is 1. The predicted molar refractivity (Wildman–Crippen MR) is 155 cm³/mol. The summed E-state index contributed by atoms with van der Waals surface area (Å²) in [7, 11) is 0. The first kappa shape index (κ1) is 28.5. The lowest BCUT2D eigenvalue weighted by atomic mass is 9.61. The number of phenolic OH excluding ortho intramolecular Hbond substituents is 1. The molecule has 7 nitrogen and oxygen atoms in total. The number of amides is 2. The molecule has 1 aliphatic carbocycles. The molecule has 4 N–H and O–H groups in total. The molecule has 0 heterocycles. The number of anilines is 2. The minimum atomic E-state index is -1.73. The normalized spacial score (nSPS) is 22.8. The van der Waals surface area contributed by atoms with Gasteiger partial charge in [-0.2, -0.15) is 0 Å². The summed E-state index contributed by atoms with van der Waals surface area (Å²) in [5, 5.41) is 27.4. The molecule has 3 aromatic rings. The van der Waals surface area contributed by atoms with Crippen molar-refractivity contribution in [3.63, 3.8) is 0 Å². The highest BCUT2D eigenvalue weighted by Crippen LogP contribution is 2.47. The summed E-state index contributed by atoms with van der Waals surface area (Å²) in [4.78, 5) is 41.2. The fraction of sp³-hybridized carbons (Fsp3) is 0.323. The Kier molecular flexibility index (Phi) is 8.00. The zero-order valence-corrected chi connectivity index (χ0v) is 24.2. The van der Waals surface area contributed by atoms with Crippen molar-refractivity contribution in [2.75, 3.05) is 10.6 Å². The van der Waals surface area contributed by atoms with E-state index < -0.39 is 41.0 Å². The van der Waals surface area contributed by atoms with Gasteiger partial charge in [-0.1, -0.05) is 41.5 Å². The van der Waals surface area contributed by atoms with E-state index >= 15 is 0 Å². The quantitative estimate of drug-likeness (QED) is 0.283. The number of carbonyl (C=O) groups excluding carboxylic acids is 3. The highest BCUT2D eigenvalue weighted by molar-refractivity contribution is 9.10. The predicted octanol–water partition coefficient (Wildman–Crippen LogP) is 5.71. The second kappa shape index (κ2) is 10.9. The Bertz CT molecular complexity index is 1470. The van der Waals surface area contributed by atoms with Gasteiger partial charge < -0.3 is 20.8 Å². The zero-order chi connectivity index (χ0) is 28.6. The highest BCUT2D eigenvalue weighted by atomic mass is 79.9. The van der Waals surface area contributed by atoms with Crippen LogP contribution in [0.2, 0.25) is 0 Å². The van der Waals surface area contributed by atoms with Crippen LogP contribution in [0.5, 0.6) is 5.75 Å². The molecule has 4 rings (SSSR count). The van der Waals surface area contributed by atoms with Crippen molar-refractivity contribution in [1.82, 2.24) is 0 Å². The standard InChI is InChI=1S/C31H33BrN2O5/c1-16-6-9-22(18(3)12-16)33-29(37)27-25(36)15-31(5,39)28(26(27)20-8-11-24(35)21(32)14-20)30(38)34-23-10-7-17(2)13-19(23)4/h6-14,26-28,35,39H,15H2,1-5H3,(H,33,37)(H,34,38). The second-order valence-electron chi connectivity index (χ2n) is 10.8. The second-order valence-corrected chi connectivity index (χ2v) is 11.7. The minimum Gasteiger partial charge on any atom is -0.507 e. The van der Waals surface area contributed by atoms with E-state index in [2.05, 4.69) is 26.6 Å². The number of aryl methyl sites for hydroxylation is 4. The molecular weight excluding hydrogens is 560 g/mol. The first-order chi connectivity index (χ1) is 18.3. The third-order valence-electron chi connectivity index (χ3n) is 7.47. The van der Waals surface area contributed by atoms with Gasteiger partial charge in [0.15, 0.2) is 0 Å². The summed E-state index contributed by atoms with van der Waals surface area (Å²) in [6, 6.07) is 15.8. The van der Waals surface area contributed by atoms with Crippen molar-refractivity contribution in [3.8, 4) is 5.75 Å². The number of Topliss-reactive ketones (excluding diaryl/α,β-unsaturated/α-hetero) is 1. The molecule has 8 heteroatoms. The summed E-state index contributed by atoms with van der Waals surface area (Å²) in [6.07, 6.45) is -0.362. The van der Waals surface area contributed by atoms with Gasteiger partial charge in [0.2, 0.25) is 11.8 Å². The first-order valence-electron chi connectivity index (χ1n) is 12.8. The smallest absolute Gasteiger partial charge is 0.235 e. The molecule has 0 aromatic heterocycles. The number of hydrogen-bond donors (Lipinski definition) is 4. The van der Waals surface area contributed by atoms with Crippen LogP contribution in [0, 0.1) is 39.5 Å². The van der Waals surface area contributed by atoms with E-state index in [1.165, 1.54) is 13.0 Å². The molecule has 0 radical (unpaired) electrons. The van der Waals surface area contributed by atoms with E-state index in [1.54, 1.807) is 24.3 Å². The van der Waals surface area contributed by atoms with Gasteiger partial charge in [-0.15, -0.1) is 0 Å². The van der Waals surface area contributed by atoms with Gasteiger partial charge in [-0.05, 0) is 91.5 Å². The largest absolute Gasteiger partial charge is 0.507 e. The first-order valence-corrected chi connectivity index (χ1v) is 13.6. The molecule has 0 bridgehead atoms. The number of phenols is 1. The molecule has 39 heavy (non-hydrogen) atoms. The van der Waals surface area contributed by atoms with Crippen LogP contribution >= 0.6 is 15.9 Å². The van der Waals surface area contributed by atoms with Gasteiger partial charge in [-0.3, -0.25) is 14.4 Å². The van der Waals surface area contributed by atoms with Crippen LogP contribution in [0.4, 0.5) is 11.4 Å². The summed E-state index contributed by atoms with van der Waals surface area (Å²) in [5.74, 6) is -4.96. The number of halogens is 1. The van der Waals surface area contributed by atoms with Crippen LogP contribution in [0.25, 0.3) is 0 Å². The van der Waals surface area contributed by atoms with Crippen molar-refractivity contribution < 1.29 is 24.6 Å². The molecule has 1 fully saturated rings. The molecule has 4 atom stereocenters. The molecule has 0 spiro atoms. The Morgan fingerprint density at radius 1 is 0.872 bits per heavy atom. The molecule has 3 aromatic carbocycles. The van der Waals surface area contributed by atoms with Crippen molar-refractivity contribution in [2.24, 2.45) is 11.8 Å². The fourth-order valence-corrected chi connectivity index (χ4v) is 5.95. The van der Waals surface area contributed by atoms with Crippen LogP contribution in [-0.4, -0.2) is 33.4 Å². The van der Waals surface area contributed by atoms with Gasteiger partial charge in [0, 0.05) is 23.7 Å². The summed E-state index contributed by atoms with van der Waals surface area (Å²) in [5.41, 5.74) is 3.65. The van der Waals surface area contributed by atoms with Gasteiger partial charge in [0.1, 0.15) is 17.5 Å².